The Morgan fingerprint density at radius 2 is 2.24 bits per heavy atom. The highest BCUT2D eigenvalue weighted by Gasteiger charge is 2.24. The van der Waals surface area contributed by atoms with Crippen LogP contribution < -0.4 is 5.32 Å². The molecule has 1 aliphatic carbocycles. The molecule has 1 aromatic heterocycles. The normalized spacial score (nSPS) is 14.8. The topological polar surface area (TPSA) is 79.3 Å². The first-order valence-electron chi connectivity index (χ1n) is 5.32. The zero-order valence-electron chi connectivity index (χ0n) is 9.09. The molecule has 0 atom stereocenters. The summed E-state index contributed by atoms with van der Waals surface area (Å²) in [5.41, 5.74) is 0.956. The minimum atomic E-state index is -1.05. The molecule has 1 aromatic rings. The van der Waals surface area contributed by atoms with Gasteiger partial charge < -0.3 is 10.4 Å². The molecule has 1 fully saturated rings. The summed E-state index contributed by atoms with van der Waals surface area (Å²) in [6.07, 6.45) is 7.37. The molecule has 1 aliphatic rings. The molecule has 5 nitrogen and oxygen atoms in total. The third-order valence-electron chi connectivity index (χ3n) is 2.41. The van der Waals surface area contributed by atoms with Gasteiger partial charge in [0.1, 0.15) is 0 Å². The second-order valence-electron chi connectivity index (χ2n) is 3.88. The third kappa shape index (κ3) is 3.14. The minimum Gasteiger partial charge on any atom is -0.478 e. The van der Waals surface area contributed by atoms with Gasteiger partial charge in [-0.05, 0) is 25.0 Å². The average Bonchev–Trinajstić information content (AvgIpc) is 3.10. The maximum absolute atomic E-state index is 11.8. The Kier molecular flexibility index (Phi) is 3.18. The molecule has 1 heterocycles. The fraction of sp³-hybridized carbons (Fsp3) is 0.250. The fourth-order valence-electron chi connectivity index (χ4n) is 1.40. The summed E-state index contributed by atoms with van der Waals surface area (Å²) in [6, 6.07) is 1.85. The van der Waals surface area contributed by atoms with Crippen LogP contribution in [0.15, 0.2) is 24.5 Å². The van der Waals surface area contributed by atoms with Gasteiger partial charge in [0.15, 0.2) is 0 Å². The van der Waals surface area contributed by atoms with Crippen molar-refractivity contribution < 1.29 is 14.7 Å². The van der Waals surface area contributed by atoms with E-state index in [-0.39, 0.29) is 11.9 Å². The Balaban J connectivity index is 2.19. The van der Waals surface area contributed by atoms with Gasteiger partial charge in [-0.25, -0.2) is 4.79 Å². The van der Waals surface area contributed by atoms with Crippen LogP contribution in [0.4, 0.5) is 0 Å². The molecule has 2 rings (SSSR count). The standard InChI is InChI=1S/C12H12N2O3/c15-11(16)4-1-8-7-13-6-5-10(8)12(17)14-9-2-3-9/h1,4-7,9H,2-3H2,(H,14,17)(H,15,16). The number of nitrogens with zero attached hydrogens (tertiary/aromatic N) is 1. The number of hydrogen-bond acceptors (Lipinski definition) is 3. The largest absolute Gasteiger partial charge is 0.478 e. The molecule has 0 aromatic carbocycles. The van der Waals surface area contributed by atoms with E-state index in [1.807, 2.05) is 0 Å². The van der Waals surface area contributed by atoms with Gasteiger partial charge in [0.2, 0.25) is 0 Å². The van der Waals surface area contributed by atoms with Crippen molar-refractivity contribution in [1.82, 2.24) is 10.3 Å². The number of amides is 1. The highest BCUT2D eigenvalue weighted by Crippen LogP contribution is 2.20. The number of aromatic nitrogens is 1. The minimum absolute atomic E-state index is 0.181. The lowest BCUT2D eigenvalue weighted by Gasteiger charge is -2.05. The Hall–Kier alpha value is -2.17. The number of carboxylic acids is 1. The molecule has 0 aliphatic heterocycles. The van der Waals surface area contributed by atoms with Crippen LogP contribution >= 0.6 is 0 Å². The van der Waals surface area contributed by atoms with Gasteiger partial charge in [-0.3, -0.25) is 9.78 Å². The molecular formula is C12H12N2O3. The van der Waals surface area contributed by atoms with Crippen LogP contribution in [0.25, 0.3) is 6.08 Å². The molecule has 0 unspecified atom stereocenters. The van der Waals surface area contributed by atoms with E-state index in [4.69, 9.17) is 5.11 Å². The summed E-state index contributed by atoms with van der Waals surface area (Å²) in [5, 5.41) is 11.4. The van der Waals surface area contributed by atoms with Gasteiger partial charge >= 0.3 is 5.97 Å². The fourth-order valence-corrected chi connectivity index (χ4v) is 1.40. The van der Waals surface area contributed by atoms with Crippen molar-refractivity contribution in [2.45, 2.75) is 18.9 Å². The predicted molar refractivity (Wildman–Crippen MR) is 61.4 cm³/mol. The molecule has 88 valence electrons. The summed E-state index contributed by atoms with van der Waals surface area (Å²) in [6.45, 7) is 0. The van der Waals surface area contributed by atoms with Gasteiger partial charge in [-0.15, -0.1) is 0 Å². The van der Waals surface area contributed by atoms with E-state index >= 15 is 0 Å². The molecule has 0 saturated heterocycles. The van der Waals surface area contributed by atoms with Crippen LogP contribution in [0.2, 0.25) is 0 Å². The number of pyridine rings is 1. The lowest BCUT2D eigenvalue weighted by molar-refractivity contribution is -0.131. The number of aliphatic carboxylic acids is 1. The average molecular weight is 232 g/mol. The maximum atomic E-state index is 11.8. The summed E-state index contributed by atoms with van der Waals surface area (Å²) < 4.78 is 0. The molecule has 1 amide bonds. The summed E-state index contributed by atoms with van der Waals surface area (Å²) in [4.78, 5) is 26.2. The molecule has 17 heavy (non-hydrogen) atoms. The Morgan fingerprint density at radius 1 is 1.47 bits per heavy atom. The van der Waals surface area contributed by atoms with Crippen molar-refractivity contribution in [3.63, 3.8) is 0 Å². The van der Waals surface area contributed by atoms with Crippen molar-refractivity contribution in [2.24, 2.45) is 0 Å². The van der Waals surface area contributed by atoms with Gasteiger partial charge in [0.05, 0.1) is 0 Å². The Labute approximate surface area is 98.2 Å². The smallest absolute Gasteiger partial charge is 0.328 e. The van der Waals surface area contributed by atoms with Crippen molar-refractivity contribution in [3.8, 4) is 0 Å². The number of nitrogens with one attached hydrogen (secondary N) is 1. The number of hydrogen-bond donors (Lipinski definition) is 2. The van der Waals surface area contributed by atoms with Crippen molar-refractivity contribution >= 4 is 18.0 Å². The Bertz CT molecular complexity index is 478. The number of carboxylic acid groups (broad SMARTS) is 1. The number of carbonyl (C=O) groups excluding carboxylic acids is 1. The highest BCUT2D eigenvalue weighted by molar-refractivity contribution is 5.99. The molecular weight excluding hydrogens is 220 g/mol. The van der Waals surface area contributed by atoms with E-state index in [9.17, 15) is 9.59 Å². The predicted octanol–water partition coefficient (Wildman–Crippen LogP) is 1.07. The molecule has 0 radical (unpaired) electrons. The lowest BCUT2D eigenvalue weighted by atomic mass is 10.1. The second kappa shape index (κ2) is 4.78. The van der Waals surface area contributed by atoms with E-state index < -0.39 is 5.97 Å². The van der Waals surface area contributed by atoms with Crippen molar-refractivity contribution in [2.75, 3.05) is 0 Å². The van der Waals surface area contributed by atoms with E-state index in [1.165, 1.54) is 18.5 Å². The zero-order chi connectivity index (χ0) is 12.3. The zero-order valence-corrected chi connectivity index (χ0v) is 9.09. The van der Waals surface area contributed by atoms with Gasteiger partial charge in [0.25, 0.3) is 5.91 Å². The van der Waals surface area contributed by atoms with E-state index in [0.29, 0.717) is 11.1 Å². The first kappa shape index (κ1) is 11.3. The maximum Gasteiger partial charge on any atom is 0.328 e. The SMILES string of the molecule is O=C(O)C=Cc1cnccc1C(=O)NC1CC1. The monoisotopic (exact) mass is 232 g/mol. The lowest BCUT2D eigenvalue weighted by Crippen LogP contribution is -2.26. The van der Waals surface area contributed by atoms with Gasteiger partial charge in [-0.1, -0.05) is 0 Å². The summed E-state index contributed by atoms with van der Waals surface area (Å²) in [7, 11) is 0. The van der Waals surface area contributed by atoms with Crippen molar-refractivity contribution in [3.05, 3.63) is 35.7 Å². The van der Waals surface area contributed by atoms with Crippen LogP contribution in [0.1, 0.15) is 28.8 Å². The second-order valence-corrected chi connectivity index (χ2v) is 3.88. The van der Waals surface area contributed by atoms with Gasteiger partial charge in [0, 0.05) is 35.6 Å². The van der Waals surface area contributed by atoms with Crippen LogP contribution in [0.3, 0.4) is 0 Å². The highest BCUT2D eigenvalue weighted by atomic mass is 16.4. The van der Waals surface area contributed by atoms with Crippen molar-refractivity contribution in [1.29, 1.82) is 0 Å². The molecule has 2 N–H and O–H groups in total. The molecule has 5 heteroatoms. The first-order valence-corrected chi connectivity index (χ1v) is 5.32. The van der Waals surface area contributed by atoms with Gasteiger partial charge in [-0.2, -0.15) is 0 Å². The van der Waals surface area contributed by atoms with Crippen LogP contribution in [-0.4, -0.2) is 28.0 Å². The molecule has 0 bridgehead atoms. The van der Waals surface area contributed by atoms with E-state index in [0.717, 1.165) is 18.9 Å². The summed E-state index contributed by atoms with van der Waals surface area (Å²) in [5.74, 6) is -1.23. The first-order chi connectivity index (χ1) is 8.16. The van der Waals surface area contributed by atoms with Crippen LogP contribution in [-0.2, 0) is 4.79 Å². The van der Waals surface area contributed by atoms with E-state index in [1.54, 1.807) is 6.07 Å². The number of rotatable bonds is 4. The summed E-state index contributed by atoms with van der Waals surface area (Å²) >= 11 is 0. The van der Waals surface area contributed by atoms with Crippen LogP contribution in [0, 0.1) is 0 Å². The quantitative estimate of drug-likeness (QED) is 0.761. The number of carbonyl (C=O) groups is 2. The van der Waals surface area contributed by atoms with Crippen LogP contribution in [0.5, 0.6) is 0 Å². The third-order valence-corrected chi connectivity index (χ3v) is 2.41. The molecule has 0 spiro atoms. The van der Waals surface area contributed by atoms with E-state index in [2.05, 4.69) is 10.3 Å². The Morgan fingerprint density at radius 3 is 2.88 bits per heavy atom. The molecule has 1 saturated carbocycles.